The predicted molar refractivity (Wildman–Crippen MR) is 88.0 cm³/mol. The number of benzene rings is 2. The first-order valence-electron chi connectivity index (χ1n) is 7.58. The van der Waals surface area contributed by atoms with Gasteiger partial charge in [-0.3, -0.25) is 0 Å². The van der Waals surface area contributed by atoms with E-state index in [0.717, 1.165) is 6.54 Å². The fraction of sp³-hybridized carbons (Fsp3) is 0.368. The molecule has 1 nitrogen and oxygen atoms in total. The third-order valence-electron chi connectivity index (χ3n) is 3.77. The van der Waals surface area contributed by atoms with Crippen LogP contribution in [-0.4, -0.2) is 7.05 Å². The van der Waals surface area contributed by atoms with Crippen LogP contribution in [0.4, 0.5) is 0 Å². The van der Waals surface area contributed by atoms with Gasteiger partial charge in [0.1, 0.15) is 0 Å². The minimum absolute atomic E-state index is 0.919. The van der Waals surface area contributed by atoms with E-state index in [1.54, 1.807) is 0 Å². The maximum atomic E-state index is 3.21. The first kappa shape index (κ1) is 14.8. The van der Waals surface area contributed by atoms with Crippen molar-refractivity contribution >= 4 is 0 Å². The van der Waals surface area contributed by atoms with Crippen LogP contribution in [0.3, 0.4) is 0 Å². The Labute approximate surface area is 123 Å². The fourth-order valence-electron chi connectivity index (χ4n) is 2.53. The molecule has 0 amide bonds. The summed E-state index contributed by atoms with van der Waals surface area (Å²) in [7, 11) is 1.99. The van der Waals surface area contributed by atoms with Crippen LogP contribution in [0.5, 0.6) is 0 Å². The Morgan fingerprint density at radius 2 is 1.65 bits per heavy atom. The molecule has 0 atom stereocenters. The van der Waals surface area contributed by atoms with E-state index in [2.05, 4.69) is 61.6 Å². The number of unbranched alkanes of at least 4 members (excludes halogenated alkanes) is 1. The van der Waals surface area contributed by atoms with Crippen LogP contribution in [0.2, 0.25) is 0 Å². The van der Waals surface area contributed by atoms with Crippen LogP contribution in [0, 0.1) is 6.92 Å². The Kier molecular flexibility index (Phi) is 5.37. The number of nitrogens with one attached hydrogen (secondary N) is 1. The van der Waals surface area contributed by atoms with Gasteiger partial charge in [0.05, 0.1) is 0 Å². The molecule has 0 saturated heterocycles. The summed E-state index contributed by atoms with van der Waals surface area (Å²) in [5, 5.41) is 3.21. The molecule has 0 aliphatic heterocycles. The SMILES string of the molecule is CCCCc1ccc(-c2cc(CNC)ccc2C)cc1. The van der Waals surface area contributed by atoms with Gasteiger partial charge in [-0.2, -0.15) is 0 Å². The first-order valence-corrected chi connectivity index (χ1v) is 7.58. The number of rotatable bonds is 6. The van der Waals surface area contributed by atoms with Crippen LogP contribution in [0.1, 0.15) is 36.5 Å². The van der Waals surface area contributed by atoms with Crippen molar-refractivity contribution in [3.63, 3.8) is 0 Å². The van der Waals surface area contributed by atoms with E-state index in [4.69, 9.17) is 0 Å². The standard InChI is InChI=1S/C19H25N/c1-4-5-6-16-9-11-18(12-10-16)19-13-17(14-20-3)8-7-15(19)2/h7-13,20H,4-6,14H2,1-3H3. The van der Waals surface area contributed by atoms with Gasteiger partial charge in [0.25, 0.3) is 0 Å². The topological polar surface area (TPSA) is 12.0 Å². The summed E-state index contributed by atoms with van der Waals surface area (Å²) in [6, 6.07) is 15.8. The van der Waals surface area contributed by atoms with Crippen LogP contribution < -0.4 is 5.32 Å². The van der Waals surface area contributed by atoms with Gasteiger partial charge in [-0.15, -0.1) is 0 Å². The molecule has 0 saturated carbocycles. The highest BCUT2D eigenvalue weighted by Crippen LogP contribution is 2.25. The zero-order valence-corrected chi connectivity index (χ0v) is 12.9. The van der Waals surface area contributed by atoms with Crippen molar-refractivity contribution in [1.82, 2.24) is 5.32 Å². The fourth-order valence-corrected chi connectivity index (χ4v) is 2.53. The molecule has 0 fully saturated rings. The summed E-state index contributed by atoms with van der Waals surface area (Å²) in [4.78, 5) is 0. The van der Waals surface area contributed by atoms with Gasteiger partial charge in [0.2, 0.25) is 0 Å². The van der Waals surface area contributed by atoms with Gasteiger partial charge < -0.3 is 5.32 Å². The molecule has 2 rings (SSSR count). The predicted octanol–water partition coefficient (Wildman–Crippen LogP) is 4.72. The van der Waals surface area contributed by atoms with Crippen LogP contribution >= 0.6 is 0 Å². The second-order valence-corrected chi connectivity index (χ2v) is 5.48. The van der Waals surface area contributed by atoms with Crippen molar-refractivity contribution in [3.05, 3.63) is 59.2 Å². The van der Waals surface area contributed by atoms with Crippen molar-refractivity contribution in [3.8, 4) is 11.1 Å². The highest BCUT2D eigenvalue weighted by Gasteiger charge is 2.03. The van der Waals surface area contributed by atoms with Crippen LogP contribution in [0.25, 0.3) is 11.1 Å². The summed E-state index contributed by atoms with van der Waals surface area (Å²) in [5.74, 6) is 0. The van der Waals surface area contributed by atoms with Gasteiger partial charge in [0, 0.05) is 6.54 Å². The number of hydrogen-bond acceptors (Lipinski definition) is 1. The van der Waals surface area contributed by atoms with E-state index >= 15 is 0 Å². The van der Waals surface area contributed by atoms with Crippen molar-refractivity contribution in [2.45, 2.75) is 39.7 Å². The van der Waals surface area contributed by atoms with E-state index in [-0.39, 0.29) is 0 Å². The average Bonchev–Trinajstić information content (AvgIpc) is 2.48. The first-order chi connectivity index (χ1) is 9.74. The third-order valence-corrected chi connectivity index (χ3v) is 3.77. The Balaban J connectivity index is 2.24. The Morgan fingerprint density at radius 3 is 2.30 bits per heavy atom. The van der Waals surface area contributed by atoms with Gasteiger partial charge in [-0.25, -0.2) is 0 Å². The van der Waals surface area contributed by atoms with Gasteiger partial charge in [-0.1, -0.05) is 49.7 Å². The summed E-state index contributed by atoms with van der Waals surface area (Å²) in [5.41, 5.74) is 6.79. The Morgan fingerprint density at radius 1 is 0.950 bits per heavy atom. The second-order valence-electron chi connectivity index (χ2n) is 5.48. The van der Waals surface area contributed by atoms with Crippen molar-refractivity contribution in [1.29, 1.82) is 0 Å². The maximum Gasteiger partial charge on any atom is 0.0202 e. The van der Waals surface area contributed by atoms with E-state index in [0.29, 0.717) is 0 Å². The summed E-state index contributed by atoms with van der Waals surface area (Å²) in [6.07, 6.45) is 3.72. The second kappa shape index (κ2) is 7.25. The van der Waals surface area contributed by atoms with Gasteiger partial charge >= 0.3 is 0 Å². The summed E-state index contributed by atoms with van der Waals surface area (Å²) >= 11 is 0. The molecule has 0 radical (unpaired) electrons. The molecule has 0 spiro atoms. The molecule has 20 heavy (non-hydrogen) atoms. The molecule has 2 aromatic carbocycles. The van der Waals surface area contributed by atoms with Crippen molar-refractivity contribution < 1.29 is 0 Å². The monoisotopic (exact) mass is 267 g/mol. The van der Waals surface area contributed by atoms with Crippen molar-refractivity contribution in [2.24, 2.45) is 0 Å². The molecule has 0 aliphatic carbocycles. The minimum atomic E-state index is 0.919. The third kappa shape index (κ3) is 3.71. The lowest BCUT2D eigenvalue weighted by Gasteiger charge is -2.10. The lowest BCUT2D eigenvalue weighted by molar-refractivity contribution is 0.795. The highest BCUT2D eigenvalue weighted by molar-refractivity contribution is 5.68. The molecule has 106 valence electrons. The molecule has 2 aromatic rings. The van der Waals surface area contributed by atoms with Crippen molar-refractivity contribution in [2.75, 3.05) is 7.05 Å². The van der Waals surface area contributed by atoms with E-state index in [1.165, 1.54) is 47.1 Å². The van der Waals surface area contributed by atoms with Gasteiger partial charge in [0.15, 0.2) is 0 Å². The lowest BCUT2D eigenvalue weighted by atomic mass is 9.96. The molecule has 0 bridgehead atoms. The normalized spacial score (nSPS) is 10.8. The van der Waals surface area contributed by atoms with E-state index in [1.807, 2.05) is 7.05 Å². The number of aryl methyl sites for hydroxylation is 2. The lowest BCUT2D eigenvalue weighted by Crippen LogP contribution is -2.05. The molecule has 1 heteroatoms. The molecule has 1 N–H and O–H groups in total. The zero-order valence-electron chi connectivity index (χ0n) is 12.9. The molecule has 0 heterocycles. The average molecular weight is 267 g/mol. The molecular weight excluding hydrogens is 242 g/mol. The van der Waals surface area contributed by atoms with Gasteiger partial charge in [-0.05, 0) is 60.7 Å². The van der Waals surface area contributed by atoms with E-state index < -0.39 is 0 Å². The zero-order chi connectivity index (χ0) is 14.4. The minimum Gasteiger partial charge on any atom is -0.316 e. The highest BCUT2D eigenvalue weighted by atomic mass is 14.8. The Hall–Kier alpha value is -1.60. The summed E-state index contributed by atoms with van der Waals surface area (Å²) < 4.78 is 0. The quantitative estimate of drug-likeness (QED) is 0.798. The van der Waals surface area contributed by atoms with Crippen LogP contribution in [-0.2, 0) is 13.0 Å². The molecule has 0 aromatic heterocycles. The largest absolute Gasteiger partial charge is 0.316 e. The van der Waals surface area contributed by atoms with Crippen LogP contribution in [0.15, 0.2) is 42.5 Å². The van der Waals surface area contributed by atoms with E-state index in [9.17, 15) is 0 Å². The summed E-state index contributed by atoms with van der Waals surface area (Å²) in [6.45, 7) is 5.34. The Bertz CT molecular complexity index is 540. The molecule has 0 aliphatic rings. The number of hydrogen-bond donors (Lipinski definition) is 1. The molecular formula is C19H25N. The molecule has 0 unspecified atom stereocenters. The maximum absolute atomic E-state index is 3.21. The smallest absolute Gasteiger partial charge is 0.0202 e.